The third-order valence-electron chi connectivity index (χ3n) is 3.63. The van der Waals surface area contributed by atoms with Gasteiger partial charge >= 0.3 is 0 Å². The normalized spacial score (nSPS) is 12.2. The van der Waals surface area contributed by atoms with Crippen molar-refractivity contribution in [1.82, 2.24) is 5.32 Å². The minimum Gasteiger partial charge on any atom is -0.386 e. The molecule has 0 fully saturated rings. The van der Waals surface area contributed by atoms with Crippen molar-refractivity contribution in [2.45, 2.75) is 18.9 Å². The van der Waals surface area contributed by atoms with E-state index >= 15 is 0 Å². The van der Waals surface area contributed by atoms with E-state index in [9.17, 15) is 9.59 Å². The summed E-state index contributed by atoms with van der Waals surface area (Å²) in [6, 6.07) is 16.1. The molecule has 0 heterocycles. The first-order valence-electron chi connectivity index (χ1n) is 7.75. The average Bonchev–Trinajstić information content (AvgIpc) is 2.66. The number of hydrogen-bond donors (Lipinski definition) is 3. The molecule has 2 aromatic carbocycles. The summed E-state index contributed by atoms with van der Waals surface area (Å²) in [6.07, 6.45) is 1.20. The van der Waals surface area contributed by atoms with Crippen molar-refractivity contribution in [2.24, 2.45) is 16.1 Å². The number of carbonyl (C=O) groups excluding carboxylic acids is 2. The Labute approximate surface area is 145 Å². The van der Waals surface area contributed by atoms with Gasteiger partial charge in [-0.1, -0.05) is 53.8 Å². The van der Waals surface area contributed by atoms with Crippen LogP contribution in [0.3, 0.4) is 0 Å². The summed E-state index contributed by atoms with van der Waals surface area (Å²) in [5.41, 5.74) is 14.4. The van der Waals surface area contributed by atoms with Gasteiger partial charge in [0.25, 0.3) is 5.91 Å². The van der Waals surface area contributed by atoms with Crippen molar-refractivity contribution < 1.29 is 9.59 Å². The van der Waals surface area contributed by atoms with Crippen molar-refractivity contribution in [2.75, 3.05) is 0 Å². The molecule has 0 spiro atoms. The first kappa shape index (κ1) is 18.0. The number of aldehydes is 1. The van der Waals surface area contributed by atoms with Crippen LogP contribution in [0.2, 0.25) is 0 Å². The van der Waals surface area contributed by atoms with E-state index in [1.807, 2.05) is 42.5 Å². The molecule has 25 heavy (non-hydrogen) atoms. The fraction of sp³-hybridized carbons (Fsp3) is 0.167. The quantitative estimate of drug-likeness (QED) is 0.226. The highest BCUT2D eigenvalue weighted by atomic mass is 16.2. The van der Waals surface area contributed by atoms with Gasteiger partial charge in [-0.15, -0.1) is 5.10 Å². The number of amidine groups is 1. The summed E-state index contributed by atoms with van der Waals surface area (Å²) in [5, 5.41) is 8.91. The Morgan fingerprint density at radius 3 is 2.52 bits per heavy atom. The first-order chi connectivity index (χ1) is 12.2. The number of benzene rings is 2. The number of nitrogens with zero attached hydrogens (tertiary/aromatic N) is 2. The van der Waals surface area contributed by atoms with Gasteiger partial charge in [0.2, 0.25) is 0 Å². The second-order valence-electron chi connectivity index (χ2n) is 5.36. The second kappa shape index (κ2) is 9.07. The first-order valence-corrected chi connectivity index (χ1v) is 7.75. The lowest BCUT2D eigenvalue weighted by Gasteiger charge is -2.14. The lowest BCUT2D eigenvalue weighted by atomic mass is 9.99. The zero-order valence-corrected chi connectivity index (χ0v) is 13.6. The maximum absolute atomic E-state index is 12.6. The van der Waals surface area contributed by atoms with Crippen LogP contribution in [-0.4, -0.2) is 24.1 Å². The Balaban J connectivity index is 2.14. The van der Waals surface area contributed by atoms with Crippen LogP contribution in [0.4, 0.5) is 0 Å². The third-order valence-corrected chi connectivity index (χ3v) is 3.63. The molecule has 0 saturated carbocycles. The molecule has 0 aliphatic carbocycles. The number of hydrogen-bond acceptors (Lipinski definition) is 4. The van der Waals surface area contributed by atoms with E-state index in [1.165, 1.54) is 0 Å². The van der Waals surface area contributed by atoms with Crippen LogP contribution in [0.1, 0.15) is 23.2 Å². The summed E-state index contributed by atoms with van der Waals surface area (Å²) >= 11 is 0. The topological polar surface area (TPSA) is 121 Å². The van der Waals surface area contributed by atoms with E-state index in [1.54, 1.807) is 12.1 Å². The number of carbonyl (C=O) groups is 2. The molecule has 1 amide bonds. The molecular weight excluding hydrogens is 318 g/mol. The van der Waals surface area contributed by atoms with Crippen LogP contribution in [0.5, 0.6) is 0 Å². The fourth-order valence-corrected chi connectivity index (χ4v) is 2.39. The smallest absolute Gasteiger partial charge is 0.252 e. The third kappa shape index (κ3) is 5.07. The summed E-state index contributed by atoms with van der Waals surface area (Å²) < 4.78 is 0. The summed E-state index contributed by atoms with van der Waals surface area (Å²) in [7, 11) is 0. The lowest BCUT2D eigenvalue weighted by Crippen LogP contribution is -2.37. The standard InChI is InChI=1S/C18H19N5O2/c19-17(22-23-20)11-10-14(12-24)21-18(25)16-9-5-4-8-15(16)13-6-2-1-3-7-13/h1-9,12,14H,10-11H2,(H,21,25)(H3,19,20,22). The molecule has 0 aliphatic heterocycles. The highest BCUT2D eigenvalue weighted by Gasteiger charge is 2.16. The van der Waals surface area contributed by atoms with Crippen LogP contribution >= 0.6 is 0 Å². The minimum atomic E-state index is -0.698. The van der Waals surface area contributed by atoms with E-state index in [4.69, 9.17) is 11.3 Å². The van der Waals surface area contributed by atoms with Crippen molar-refractivity contribution in [3.05, 3.63) is 60.2 Å². The molecule has 7 nitrogen and oxygen atoms in total. The molecule has 0 saturated heterocycles. The zero-order chi connectivity index (χ0) is 18.1. The molecule has 0 aliphatic rings. The number of amides is 1. The summed E-state index contributed by atoms with van der Waals surface area (Å²) in [5.74, 6) is -0.196. The number of nitrogens with one attached hydrogen (secondary N) is 2. The van der Waals surface area contributed by atoms with Gasteiger partial charge < -0.3 is 15.8 Å². The SMILES string of the molecule is N=NN=C(N)CCC(C=O)NC(=O)c1ccccc1-c1ccccc1. The zero-order valence-electron chi connectivity index (χ0n) is 13.6. The van der Waals surface area contributed by atoms with E-state index in [2.05, 4.69) is 15.6 Å². The maximum Gasteiger partial charge on any atom is 0.252 e. The molecular formula is C18H19N5O2. The fourth-order valence-electron chi connectivity index (χ4n) is 2.39. The van der Waals surface area contributed by atoms with Crippen molar-refractivity contribution in [3.8, 4) is 11.1 Å². The number of rotatable bonds is 8. The van der Waals surface area contributed by atoms with Crippen LogP contribution in [0.15, 0.2) is 64.9 Å². The van der Waals surface area contributed by atoms with Gasteiger partial charge in [0, 0.05) is 12.0 Å². The molecule has 1 unspecified atom stereocenters. The average molecular weight is 337 g/mol. The van der Waals surface area contributed by atoms with Gasteiger partial charge in [0.05, 0.1) is 6.04 Å². The summed E-state index contributed by atoms with van der Waals surface area (Å²) in [4.78, 5) is 23.8. The summed E-state index contributed by atoms with van der Waals surface area (Å²) in [6.45, 7) is 0. The van der Waals surface area contributed by atoms with Crippen LogP contribution < -0.4 is 11.1 Å². The monoisotopic (exact) mass is 337 g/mol. The Morgan fingerprint density at radius 2 is 1.84 bits per heavy atom. The molecule has 128 valence electrons. The Morgan fingerprint density at radius 1 is 1.16 bits per heavy atom. The Hall–Kier alpha value is -3.35. The molecule has 0 bridgehead atoms. The molecule has 2 rings (SSSR count). The van der Waals surface area contributed by atoms with Crippen LogP contribution in [-0.2, 0) is 4.79 Å². The van der Waals surface area contributed by atoms with E-state index < -0.39 is 6.04 Å². The lowest BCUT2D eigenvalue weighted by molar-refractivity contribution is -0.109. The molecule has 0 radical (unpaired) electrons. The van der Waals surface area contributed by atoms with Gasteiger partial charge in [-0.05, 0) is 23.6 Å². The largest absolute Gasteiger partial charge is 0.386 e. The van der Waals surface area contributed by atoms with Gasteiger partial charge in [0.1, 0.15) is 12.1 Å². The van der Waals surface area contributed by atoms with Gasteiger partial charge in [-0.25, -0.2) is 0 Å². The molecule has 1 atom stereocenters. The highest BCUT2D eigenvalue weighted by molar-refractivity contribution is 6.01. The Bertz CT molecular complexity index is 774. The molecule has 7 heteroatoms. The number of nitrogens with two attached hydrogens (primary N) is 1. The highest BCUT2D eigenvalue weighted by Crippen LogP contribution is 2.23. The van der Waals surface area contributed by atoms with Gasteiger partial charge in [0.15, 0.2) is 0 Å². The van der Waals surface area contributed by atoms with E-state index in [0.717, 1.165) is 11.1 Å². The van der Waals surface area contributed by atoms with Crippen LogP contribution in [0, 0.1) is 5.53 Å². The van der Waals surface area contributed by atoms with Crippen molar-refractivity contribution >= 4 is 18.0 Å². The maximum atomic E-state index is 12.6. The van der Waals surface area contributed by atoms with Crippen molar-refractivity contribution in [3.63, 3.8) is 0 Å². The predicted molar refractivity (Wildman–Crippen MR) is 95.2 cm³/mol. The van der Waals surface area contributed by atoms with Crippen molar-refractivity contribution in [1.29, 1.82) is 5.53 Å². The molecule has 2 aromatic rings. The molecule has 4 N–H and O–H groups in total. The van der Waals surface area contributed by atoms with Gasteiger partial charge in [-0.2, -0.15) is 5.53 Å². The second-order valence-corrected chi connectivity index (χ2v) is 5.36. The van der Waals surface area contributed by atoms with Crippen LogP contribution in [0.25, 0.3) is 11.1 Å². The van der Waals surface area contributed by atoms with E-state index in [-0.39, 0.29) is 24.6 Å². The Kier molecular flexibility index (Phi) is 6.53. The molecule has 0 aromatic heterocycles. The minimum absolute atomic E-state index is 0.140. The van der Waals surface area contributed by atoms with Gasteiger partial charge in [-0.3, -0.25) is 4.79 Å². The van der Waals surface area contributed by atoms with E-state index in [0.29, 0.717) is 11.8 Å². The predicted octanol–water partition coefficient (Wildman–Crippen LogP) is 2.73.